The van der Waals surface area contributed by atoms with E-state index >= 15 is 0 Å². The molecule has 51 heavy (non-hydrogen) atoms. The predicted octanol–water partition coefficient (Wildman–Crippen LogP) is 7.54. The summed E-state index contributed by atoms with van der Waals surface area (Å²) in [4.78, 5) is 25.3. The number of aliphatic hydroxyl groups is 1. The van der Waals surface area contributed by atoms with Crippen LogP contribution >= 0.6 is 0 Å². The van der Waals surface area contributed by atoms with Crippen LogP contribution in [0.5, 0.6) is 5.75 Å². The van der Waals surface area contributed by atoms with Gasteiger partial charge in [-0.15, -0.1) is 0 Å². The number of aliphatic imine (C=N–C) groups is 1. The Hall–Kier alpha value is -6.05. The number of nitrogens with zero attached hydrogens (tertiary/aromatic N) is 7. The minimum atomic E-state index is -4.62. The first-order valence-corrected chi connectivity index (χ1v) is 15.7. The van der Waals surface area contributed by atoms with E-state index in [1.165, 1.54) is 18.2 Å². The van der Waals surface area contributed by atoms with Crippen LogP contribution in [0.25, 0.3) is 20.9 Å². The number of nitrogens with one attached hydrogen (secondary N) is 2. The number of carbonyl (C=O) groups excluding carboxylic acids is 1. The number of alkyl halides is 3. The third-order valence-corrected chi connectivity index (χ3v) is 8.09. The molecular weight excluding hydrogens is 667 g/mol. The Morgan fingerprint density at radius 1 is 0.941 bits per heavy atom. The Morgan fingerprint density at radius 2 is 1.63 bits per heavy atom. The van der Waals surface area contributed by atoms with Crippen molar-refractivity contribution in [1.29, 1.82) is 0 Å². The lowest BCUT2D eigenvalue weighted by Gasteiger charge is -2.32. The molecule has 0 saturated carbocycles. The maximum Gasteiger partial charge on any atom is 0.416 e. The monoisotopic (exact) mass is 699 g/mol. The number of hydrogen-bond acceptors (Lipinski definition) is 8. The SMILES string of the molecule is [N-]=[N+]=NCc1ccccc1C[C@]1(C(=O)NNCc2ccccc2C(F)(F)F)N=C(c2ccc(OCCCO)cc2)O[C@H]1c1ccccc1N=[N+]=[N-]. The van der Waals surface area contributed by atoms with Crippen molar-refractivity contribution in [2.24, 2.45) is 15.2 Å². The molecule has 4 aromatic carbocycles. The molecule has 13 nitrogen and oxygen atoms in total. The quantitative estimate of drug-likeness (QED) is 0.0379. The molecular formula is C35H32F3N9O4. The van der Waals surface area contributed by atoms with Crippen LogP contribution < -0.4 is 15.6 Å². The third kappa shape index (κ3) is 8.58. The molecule has 262 valence electrons. The number of ether oxygens (including phenoxy) is 2. The normalized spacial score (nSPS) is 16.6. The molecule has 0 radical (unpaired) electrons. The Bertz CT molecular complexity index is 1980. The largest absolute Gasteiger partial charge is 0.494 e. The van der Waals surface area contributed by atoms with E-state index in [9.17, 15) is 23.5 Å². The van der Waals surface area contributed by atoms with Crippen LogP contribution in [0.3, 0.4) is 0 Å². The van der Waals surface area contributed by atoms with Gasteiger partial charge in [0.15, 0.2) is 11.6 Å². The van der Waals surface area contributed by atoms with E-state index in [0.29, 0.717) is 41.0 Å². The first-order valence-electron chi connectivity index (χ1n) is 15.7. The zero-order chi connectivity index (χ0) is 36.3. The molecule has 1 aliphatic rings. The molecule has 0 bridgehead atoms. The molecule has 16 heteroatoms. The lowest BCUT2D eigenvalue weighted by atomic mass is 9.80. The minimum Gasteiger partial charge on any atom is -0.494 e. The molecule has 1 heterocycles. The number of carbonyl (C=O) groups is 1. The second kappa shape index (κ2) is 16.6. The van der Waals surface area contributed by atoms with E-state index in [-0.39, 0.29) is 43.3 Å². The number of aliphatic hydroxyl groups excluding tert-OH is 1. The Kier molecular flexibility index (Phi) is 11.8. The topological polar surface area (TPSA) is 190 Å². The highest BCUT2D eigenvalue weighted by Crippen LogP contribution is 2.45. The van der Waals surface area contributed by atoms with Gasteiger partial charge in [-0.05, 0) is 58.1 Å². The molecule has 2 atom stereocenters. The maximum atomic E-state index is 14.6. The Balaban J connectivity index is 1.61. The zero-order valence-electron chi connectivity index (χ0n) is 27.0. The van der Waals surface area contributed by atoms with E-state index in [4.69, 9.17) is 25.1 Å². The van der Waals surface area contributed by atoms with Crippen molar-refractivity contribution in [3.05, 3.63) is 151 Å². The van der Waals surface area contributed by atoms with Crippen LogP contribution in [0.1, 0.15) is 45.9 Å². The van der Waals surface area contributed by atoms with Crippen molar-refractivity contribution in [1.82, 2.24) is 10.9 Å². The third-order valence-electron chi connectivity index (χ3n) is 8.09. The molecule has 5 rings (SSSR count). The first-order chi connectivity index (χ1) is 24.7. The summed E-state index contributed by atoms with van der Waals surface area (Å²) in [5.74, 6) is -0.177. The van der Waals surface area contributed by atoms with Gasteiger partial charge in [0.1, 0.15) is 5.75 Å². The number of hydrogen-bond donors (Lipinski definition) is 3. The highest BCUT2D eigenvalue weighted by atomic mass is 19.4. The summed E-state index contributed by atoms with van der Waals surface area (Å²) in [6.45, 7) is -0.141. The molecule has 1 amide bonds. The summed E-state index contributed by atoms with van der Waals surface area (Å²) in [5, 5.41) is 16.6. The van der Waals surface area contributed by atoms with E-state index in [1.54, 1.807) is 72.8 Å². The van der Waals surface area contributed by atoms with Crippen molar-refractivity contribution in [3.8, 4) is 5.75 Å². The van der Waals surface area contributed by atoms with Crippen LogP contribution in [0.4, 0.5) is 18.9 Å². The number of hydrazine groups is 1. The molecule has 0 aromatic heterocycles. The molecule has 0 aliphatic carbocycles. The maximum absolute atomic E-state index is 14.6. The van der Waals surface area contributed by atoms with E-state index in [0.717, 1.165) is 6.07 Å². The van der Waals surface area contributed by atoms with Gasteiger partial charge in [-0.1, -0.05) is 77.0 Å². The summed E-state index contributed by atoms with van der Waals surface area (Å²) >= 11 is 0. The molecule has 0 spiro atoms. The summed E-state index contributed by atoms with van der Waals surface area (Å²) in [6, 6.07) is 25.2. The zero-order valence-corrected chi connectivity index (χ0v) is 27.0. The standard InChI is InChI=1S/C35H32F3N9O4/c36-35(37,38)29-12-5-3-10-26(29)22-41-45-33(49)34(20-24-8-1-2-9-25(24)21-42-46-39)31(28-11-4-6-13-30(28)44-47-40)51-32(43-34)23-14-16-27(17-15-23)50-19-7-18-48/h1-6,8-17,31,41,48H,7,18-22H2,(H,45,49)/t31-,34-/m0/s1. The minimum absolute atomic E-state index is 0.0265. The summed E-state index contributed by atoms with van der Waals surface area (Å²) < 4.78 is 53.3. The van der Waals surface area contributed by atoms with Gasteiger partial charge in [-0.3, -0.25) is 10.2 Å². The number of benzene rings is 4. The van der Waals surface area contributed by atoms with E-state index in [1.807, 2.05) is 0 Å². The fourth-order valence-electron chi connectivity index (χ4n) is 5.67. The smallest absolute Gasteiger partial charge is 0.416 e. The number of halogens is 3. The van der Waals surface area contributed by atoms with Gasteiger partial charge < -0.3 is 14.6 Å². The van der Waals surface area contributed by atoms with Crippen molar-refractivity contribution in [2.45, 2.75) is 43.8 Å². The van der Waals surface area contributed by atoms with E-state index < -0.39 is 29.3 Å². The fraction of sp³-hybridized carbons (Fsp3) is 0.257. The molecule has 0 saturated heterocycles. The van der Waals surface area contributed by atoms with Crippen LogP contribution in [-0.4, -0.2) is 35.7 Å². The number of rotatable bonds is 15. The van der Waals surface area contributed by atoms with Crippen LogP contribution in [-0.2, 0) is 35.2 Å². The fourth-order valence-corrected chi connectivity index (χ4v) is 5.67. The van der Waals surface area contributed by atoms with Crippen molar-refractivity contribution < 1.29 is 32.5 Å². The average Bonchev–Trinajstić information content (AvgIpc) is 3.52. The first kappa shape index (κ1) is 36.2. The van der Waals surface area contributed by atoms with Crippen LogP contribution in [0.15, 0.2) is 112 Å². The van der Waals surface area contributed by atoms with Gasteiger partial charge in [0.05, 0.1) is 18.7 Å². The lowest BCUT2D eigenvalue weighted by Crippen LogP contribution is -2.53. The van der Waals surface area contributed by atoms with Gasteiger partial charge >= 0.3 is 6.18 Å². The van der Waals surface area contributed by atoms with Crippen LogP contribution in [0.2, 0.25) is 0 Å². The number of azide groups is 2. The highest BCUT2D eigenvalue weighted by Gasteiger charge is 2.54. The predicted molar refractivity (Wildman–Crippen MR) is 181 cm³/mol. The second-order valence-electron chi connectivity index (χ2n) is 11.3. The molecule has 1 aliphatic heterocycles. The highest BCUT2D eigenvalue weighted by molar-refractivity contribution is 6.01. The van der Waals surface area contributed by atoms with Gasteiger partial charge in [0, 0.05) is 52.6 Å². The number of amides is 1. The van der Waals surface area contributed by atoms with Gasteiger partial charge in [0.2, 0.25) is 5.90 Å². The molecule has 3 N–H and O–H groups in total. The van der Waals surface area contributed by atoms with Crippen molar-refractivity contribution >= 4 is 17.5 Å². The van der Waals surface area contributed by atoms with Gasteiger partial charge in [0.25, 0.3) is 5.91 Å². The second-order valence-corrected chi connectivity index (χ2v) is 11.3. The average molecular weight is 700 g/mol. The molecule has 0 fully saturated rings. The summed E-state index contributed by atoms with van der Waals surface area (Å²) in [5.41, 5.74) is 22.9. The Morgan fingerprint density at radius 3 is 2.33 bits per heavy atom. The Labute approximate surface area is 290 Å². The molecule has 4 aromatic rings. The van der Waals surface area contributed by atoms with E-state index in [2.05, 4.69) is 30.9 Å². The summed E-state index contributed by atoms with van der Waals surface area (Å²) in [7, 11) is 0. The van der Waals surface area contributed by atoms with Crippen molar-refractivity contribution in [2.75, 3.05) is 13.2 Å². The van der Waals surface area contributed by atoms with Crippen molar-refractivity contribution in [3.63, 3.8) is 0 Å². The van der Waals surface area contributed by atoms with Gasteiger partial charge in [-0.25, -0.2) is 10.4 Å². The van der Waals surface area contributed by atoms with Crippen LogP contribution in [0, 0.1) is 0 Å². The summed E-state index contributed by atoms with van der Waals surface area (Å²) in [6.07, 6.45) is -5.52. The lowest BCUT2D eigenvalue weighted by molar-refractivity contribution is -0.138. The van der Waals surface area contributed by atoms with Gasteiger partial charge in [-0.2, -0.15) is 13.2 Å². The molecule has 0 unspecified atom stereocenters.